The molecular formula is C21H33FIN5O2. The highest BCUT2D eigenvalue weighted by Gasteiger charge is 2.46. The van der Waals surface area contributed by atoms with Crippen LogP contribution in [0.15, 0.2) is 29.3 Å². The Balaban J connectivity index is 0.00000320. The summed E-state index contributed by atoms with van der Waals surface area (Å²) in [7, 11) is 3.40. The standard InChI is InChI=1S/C21H32FN5O2.HI/c1-23-20(25-16-21(7-8-21)17-5-3-4-6-18(17)22)27-12-10-26(11-13-27)15-19(28)24-9-14-29-2;/h3-6H,7-16H2,1-2H3,(H,23,25)(H,24,28);1H. The van der Waals surface area contributed by atoms with Crippen molar-refractivity contribution in [2.45, 2.75) is 18.3 Å². The van der Waals surface area contributed by atoms with Gasteiger partial charge in [0.25, 0.3) is 0 Å². The number of nitrogens with zero attached hydrogens (tertiary/aromatic N) is 3. The molecule has 0 unspecified atom stereocenters. The summed E-state index contributed by atoms with van der Waals surface area (Å²) in [4.78, 5) is 20.7. The first kappa shape index (κ1) is 24.8. The van der Waals surface area contributed by atoms with Crippen LogP contribution >= 0.6 is 24.0 Å². The summed E-state index contributed by atoms with van der Waals surface area (Å²) in [6.07, 6.45) is 1.98. The number of carbonyl (C=O) groups is 1. The van der Waals surface area contributed by atoms with Gasteiger partial charge in [-0.2, -0.15) is 0 Å². The van der Waals surface area contributed by atoms with E-state index < -0.39 is 0 Å². The van der Waals surface area contributed by atoms with Gasteiger partial charge in [-0.15, -0.1) is 24.0 Å². The van der Waals surface area contributed by atoms with E-state index in [1.54, 1.807) is 20.2 Å². The fourth-order valence-electron chi connectivity index (χ4n) is 3.83. The Morgan fingerprint density at radius 2 is 1.90 bits per heavy atom. The number of hydrogen-bond acceptors (Lipinski definition) is 4. The number of aliphatic imine (C=N–C) groups is 1. The molecule has 1 aliphatic carbocycles. The quantitative estimate of drug-likeness (QED) is 0.229. The van der Waals surface area contributed by atoms with E-state index in [0.29, 0.717) is 26.2 Å². The van der Waals surface area contributed by atoms with Gasteiger partial charge in [0.15, 0.2) is 5.96 Å². The fraction of sp³-hybridized carbons (Fsp3) is 0.619. The van der Waals surface area contributed by atoms with Gasteiger partial charge < -0.3 is 20.3 Å². The van der Waals surface area contributed by atoms with Crippen molar-refractivity contribution in [2.24, 2.45) is 4.99 Å². The lowest BCUT2D eigenvalue weighted by atomic mass is 9.95. The predicted octanol–water partition coefficient (Wildman–Crippen LogP) is 1.43. The summed E-state index contributed by atoms with van der Waals surface area (Å²) in [5.41, 5.74) is 0.677. The molecular weight excluding hydrogens is 500 g/mol. The monoisotopic (exact) mass is 533 g/mol. The maximum Gasteiger partial charge on any atom is 0.234 e. The van der Waals surface area contributed by atoms with Gasteiger partial charge in [0, 0.05) is 58.8 Å². The molecule has 0 aromatic heterocycles. The number of amides is 1. The van der Waals surface area contributed by atoms with Crippen LogP contribution in [0.2, 0.25) is 0 Å². The molecule has 2 fully saturated rings. The van der Waals surface area contributed by atoms with Crippen molar-refractivity contribution in [3.63, 3.8) is 0 Å². The van der Waals surface area contributed by atoms with Gasteiger partial charge in [-0.3, -0.25) is 14.7 Å². The number of benzene rings is 1. The smallest absolute Gasteiger partial charge is 0.234 e. The summed E-state index contributed by atoms with van der Waals surface area (Å²) in [5, 5.41) is 6.31. The number of guanidine groups is 1. The third kappa shape index (κ3) is 6.52. The van der Waals surface area contributed by atoms with Crippen molar-refractivity contribution >= 4 is 35.8 Å². The molecule has 168 valence electrons. The minimum Gasteiger partial charge on any atom is -0.383 e. The lowest BCUT2D eigenvalue weighted by Crippen LogP contribution is -2.54. The highest BCUT2D eigenvalue weighted by Crippen LogP contribution is 2.48. The Morgan fingerprint density at radius 1 is 1.20 bits per heavy atom. The van der Waals surface area contributed by atoms with E-state index in [-0.39, 0.29) is 41.1 Å². The molecule has 0 spiro atoms. The normalized spacial score (nSPS) is 18.5. The molecule has 1 aliphatic heterocycles. The van der Waals surface area contributed by atoms with Crippen molar-refractivity contribution in [1.82, 2.24) is 20.4 Å². The molecule has 0 radical (unpaired) electrons. The number of methoxy groups -OCH3 is 1. The SMILES string of the molecule is CN=C(NCC1(c2ccccc2F)CC1)N1CCN(CC(=O)NCCOC)CC1.I. The zero-order valence-electron chi connectivity index (χ0n) is 17.8. The van der Waals surface area contributed by atoms with Crippen LogP contribution in [0.25, 0.3) is 0 Å². The number of carbonyl (C=O) groups excluding carboxylic acids is 1. The van der Waals surface area contributed by atoms with Gasteiger partial charge in [0.05, 0.1) is 13.2 Å². The lowest BCUT2D eigenvalue weighted by Gasteiger charge is -2.36. The Labute approximate surface area is 195 Å². The number of piperazine rings is 1. The van der Waals surface area contributed by atoms with Crippen LogP contribution in [-0.2, 0) is 14.9 Å². The Bertz CT molecular complexity index is 721. The molecule has 2 N–H and O–H groups in total. The third-order valence-electron chi connectivity index (χ3n) is 5.76. The van der Waals surface area contributed by atoms with Crippen LogP contribution in [0.4, 0.5) is 4.39 Å². The van der Waals surface area contributed by atoms with E-state index in [9.17, 15) is 9.18 Å². The highest BCUT2D eigenvalue weighted by atomic mass is 127. The molecule has 3 rings (SSSR count). The molecule has 2 aliphatic rings. The molecule has 1 aromatic carbocycles. The first-order valence-corrected chi connectivity index (χ1v) is 10.3. The zero-order chi connectivity index (χ0) is 20.7. The largest absolute Gasteiger partial charge is 0.383 e. The average Bonchev–Trinajstić information content (AvgIpc) is 3.51. The van der Waals surface area contributed by atoms with Crippen LogP contribution in [-0.4, -0.2) is 88.2 Å². The maximum absolute atomic E-state index is 14.2. The maximum atomic E-state index is 14.2. The summed E-state index contributed by atoms with van der Waals surface area (Å²) < 4.78 is 19.2. The zero-order valence-corrected chi connectivity index (χ0v) is 20.2. The molecule has 1 heterocycles. The minimum absolute atomic E-state index is 0. The van der Waals surface area contributed by atoms with Gasteiger partial charge in [-0.05, 0) is 24.5 Å². The second-order valence-corrected chi connectivity index (χ2v) is 7.77. The van der Waals surface area contributed by atoms with Crippen LogP contribution in [0.1, 0.15) is 18.4 Å². The second kappa shape index (κ2) is 11.8. The number of ether oxygens (including phenoxy) is 1. The summed E-state index contributed by atoms with van der Waals surface area (Å²) in [6, 6.07) is 7.06. The van der Waals surface area contributed by atoms with E-state index in [1.807, 2.05) is 12.1 Å². The molecule has 0 bridgehead atoms. The molecule has 1 saturated carbocycles. The Morgan fingerprint density at radius 3 is 2.50 bits per heavy atom. The number of rotatable bonds is 8. The van der Waals surface area contributed by atoms with Crippen molar-refractivity contribution in [3.8, 4) is 0 Å². The first-order chi connectivity index (χ1) is 14.1. The van der Waals surface area contributed by atoms with Crippen LogP contribution in [0.5, 0.6) is 0 Å². The minimum atomic E-state index is -0.126. The highest BCUT2D eigenvalue weighted by molar-refractivity contribution is 14.0. The summed E-state index contributed by atoms with van der Waals surface area (Å²) in [5.74, 6) is 0.745. The molecule has 7 nitrogen and oxygen atoms in total. The average molecular weight is 533 g/mol. The number of nitrogens with one attached hydrogen (secondary N) is 2. The van der Waals surface area contributed by atoms with Crippen molar-refractivity contribution < 1.29 is 13.9 Å². The van der Waals surface area contributed by atoms with Crippen LogP contribution in [0, 0.1) is 5.82 Å². The summed E-state index contributed by atoms with van der Waals surface area (Å²) >= 11 is 0. The van der Waals surface area contributed by atoms with E-state index in [2.05, 4.69) is 25.4 Å². The van der Waals surface area contributed by atoms with Crippen LogP contribution < -0.4 is 10.6 Å². The van der Waals surface area contributed by atoms with Gasteiger partial charge in [-0.1, -0.05) is 18.2 Å². The van der Waals surface area contributed by atoms with Gasteiger partial charge >= 0.3 is 0 Å². The van der Waals surface area contributed by atoms with Gasteiger partial charge in [0.1, 0.15) is 5.82 Å². The van der Waals surface area contributed by atoms with Crippen molar-refractivity contribution in [3.05, 3.63) is 35.6 Å². The van der Waals surface area contributed by atoms with Gasteiger partial charge in [0.2, 0.25) is 5.91 Å². The predicted molar refractivity (Wildman–Crippen MR) is 127 cm³/mol. The lowest BCUT2D eigenvalue weighted by molar-refractivity contribution is -0.122. The molecule has 1 saturated heterocycles. The van der Waals surface area contributed by atoms with Crippen molar-refractivity contribution in [1.29, 1.82) is 0 Å². The van der Waals surface area contributed by atoms with Gasteiger partial charge in [-0.25, -0.2) is 4.39 Å². The Hall–Kier alpha value is -1.46. The first-order valence-electron chi connectivity index (χ1n) is 10.3. The summed E-state index contributed by atoms with van der Waals surface area (Å²) in [6.45, 7) is 5.36. The topological polar surface area (TPSA) is 69.2 Å². The molecule has 1 aromatic rings. The van der Waals surface area contributed by atoms with E-state index in [0.717, 1.165) is 50.5 Å². The number of hydrogen-bond donors (Lipinski definition) is 2. The van der Waals surface area contributed by atoms with E-state index in [1.165, 1.54) is 6.07 Å². The third-order valence-corrected chi connectivity index (χ3v) is 5.76. The van der Waals surface area contributed by atoms with E-state index >= 15 is 0 Å². The molecule has 1 amide bonds. The Kier molecular flexibility index (Phi) is 9.76. The molecule has 9 heteroatoms. The second-order valence-electron chi connectivity index (χ2n) is 7.77. The number of halogens is 2. The molecule has 0 atom stereocenters. The van der Waals surface area contributed by atoms with Crippen molar-refractivity contribution in [2.75, 3.05) is 66.6 Å². The van der Waals surface area contributed by atoms with E-state index in [4.69, 9.17) is 4.74 Å². The van der Waals surface area contributed by atoms with Crippen LogP contribution in [0.3, 0.4) is 0 Å². The fourth-order valence-corrected chi connectivity index (χ4v) is 3.83. The molecule has 30 heavy (non-hydrogen) atoms.